The summed E-state index contributed by atoms with van der Waals surface area (Å²) in [5, 5.41) is 72.2. The van der Waals surface area contributed by atoms with Gasteiger partial charge in [0.05, 0.1) is 45.3 Å². The van der Waals surface area contributed by atoms with Crippen LogP contribution in [0.4, 0.5) is 0 Å². The Morgan fingerprint density at radius 1 is 0.409 bits per heavy atom. The maximum atomic E-state index is 14.3. The van der Waals surface area contributed by atoms with Crippen LogP contribution in [-0.2, 0) is 83.1 Å². The van der Waals surface area contributed by atoms with Gasteiger partial charge in [-0.25, -0.2) is 4.79 Å². The van der Waals surface area contributed by atoms with Gasteiger partial charge in [0.1, 0.15) is 66.5 Å². The van der Waals surface area contributed by atoms with Crippen molar-refractivity contribution in [2.24, 2.45) is 66.9 Å². The average molecular weight is 1600 g/mol. The van der Waals surface area contributed by atoms with Crippen LogP contribution in [-0.4, -0.2) is 269 Å². The van der Waals surface area contributed by atoms with Crippen LogP contribution in [0.2, 0.25) is 0 Å². The quantitative estimate of drug-likeness (QED) is 0.0125. The first-order valence-corrected chi connectivity index (χ1v) is 36.1. The molecule has 1 rings (SSSR count). The monoisotopic (exact) mass is 1600 g/mol. The molecule has 46 heteroatoms. The van der Waals surface area contributed by atoms with E-state index in [0.29, 0.717) is 5.56 Å². The van der Waals surface area contributed by atoms with Crippen molar-refractivity contribution < 1.29 is 97.1 Å². The molecular formula is C64H108N24O20S2. The smallest absolute Gasteiger partial charge is 0.327 e. The molecule has 1 aromatic carbocycles. The van der Waals surface area contributed by atoms with Crippen LogP contribution in [0.5, 0.6) is 0 Å². The number of amides is 14. The Hall–Kier alpha value is -10.9. The number of carbonyl (C=O) groups excluding carboxylic acids is 14. The lowest BCUT2D eigenvalue weighted by Crippen LogP contribution is -2.61. The van der Waals surface area contributed by atoms with Crippen LogP contribution in [0.25, 0.3) is 0 Å². The number of carboxylic acid groups (broad SMARTS) is 2. The van der Waals surface area contributed by atoms with Crippen LogP contribution in [0.15, 0.2) is 45.3 Å². The van der Waals surface area contributed by atoms with Crippen molar-refractivity contribution in [1.82, 2.24) is 74.4 Å². The molecule has 32 N–H and O–H groups in total. The summed E-state index contributed by atoms with van der Waals surface area (Å²) in [4.78, 5) is 225. The molecule has 0 saturated carbocycles. The second kappa shape index (κ2) is 52.2. The van der Waals surface area contributed by atoms with Gasteiger partial charge in [-0.15, -0.1) is 0 Å². The first-order valence-electron chi connectivity index (χ1n) is 34.8. The predicted octanol–water partition coefficient (Wildman–Crippen LogP) is -11.1. The molecule has 0 bridgehead atoms. The minimum Gasteiger partial charge on any atom is -0.481 e. The second-order valence-corrected chi connectivity index (χ2v) is 25.8. The van der Waals surface area contributed by atoms with Crippen molar-refractivity contribution in [3.8, 4) is 0 Å². The second-order valence-electron chi connectivity index (χ2n) is 25.1. The third-order valence-corrected chi connectivity index (χ3v) is 17.0. The van der Waals surface area contributed by atoms with Crippen LogP contribution in [0.1, 0.15) is 98.0 Å². The maximum absolute atomic E-state index is 14.3. The summed E-state index contributed by atoms with van der Waals surface area (Å²) >= 11 is 8.04. The van der Waals surface area contributed by atoms with E-state index in [4.69, 9.17) is 40.1 Å². The summed E-state index contributed by atoms with van der Waals surface area (Å²) in [5.74, 6) is -19.9. The Kier molecular flexibility index (Phi) is 46.1. The van der Waals surface area contributed by atoms with Gasteiger partial charge in [0, 0.05) is 37.6 Å². The number of hydrogen-bond donors (Lipinski definition) is 27. The van der Waals surface area contributed by atoms with E-state index in [9.17, 15) is 97.1 Å². The van der Waals surface area contributed by atoms with E-state index in [-0.39, 0.29) is 101 Å². The summed E-state index contributed by atoms with van der Waals surface area (Å²) in [6.45, 7) is 3.27. The highest BCUT2D eigenvalue weighted by Gasteiger charge is 2.38. The zero-order valence-corrected chi connectivity index (χ0v) is 63.5. The first-order chi connectivity index (χ1) is 51.9. The van der Waals surface area contributed by atoms with Gasteiger partial charge < -0.3 is 135 Å². The lowest BCUT2D eigenvalue weighted by atomic mass is 9.96. The van der Waals surface area contributed by atoms with Crippen LogP contribution < -0.4 is 115 Å². The van der Waals surface area contributed by atoms with Crippen molar-refractivity contribution in [2.45, 2.75) is 171 Å². The fourth-order valence-corrected chi connectivity index (χ4v) is 10.2. The molecule has 0 fully saturated rings. The van der Waals surface area contributed by atoms with Crippen molar-refractivity contribution in [1.29, 1.82) is 0 Å². The van der Waals surface area contributed by atoms with Gasteiger partial charge >= 0.3 is 11.9 Å². The van der Waals surface area contributed by atoms with E-state index in [2.05, 4.69) is 115 Å². The number of carboxylic acids is 2. The number of aliphatic imine (C=N–C) groups is 3. The molecule has 0 aliphatic heterocycles. The number of aliphatic hydroxyl groups is 2. The van der Waals surface area contributed by atoms with Gasteiger partial charge in [-0.1, -0.05) is 70.9 Å². The molecule has 0 spiro atoms. The minimum atomic E-state index is -1.97. The molecule has 14 amide bonds. The number of guanidine groups is 3. The van der Waals surface area contributed by atoms with Gasteiger partial charge in [-0.2, -0.15) is 25.3 Å². The van der Waals surface area contributed by atoms with Crippen LogP contribution in [0.3, 0.4) is 0 Å². The Labute approximate surface area is 644 Å². The third kappa shape index (κ3) is 38.3. The van der Waals surface area contributed by atoms with Crippen molar-refractivity contribution >= 4 is 138 Å². The number of aliphatic carboxylic acids is 2. The molecule has 110 heavy (non-hydrogen) atoms. The molecule has 0 radical (unpaired) electrons. The highest BCUT2D eigenvalue weighted by atomic mass is 32.1. The molecule has 0 saturated heterocycles. The first kappa shape index (κ1) is 97.1. The number of carbonyl (C=O) groups is 16. The molecule has 14 atom stereocenters. The Morgan fingerprint density at radius 2 is 0.791 bits per heavy atom. The van der Waals surface area contributed by atoms with Gasteiger partial charge in [0.2, 0.25) is 82.7 Å². The molecule has 0 unspecified atom stereocenters. The largest absolute Gasteiger partial charge is 0.481 e. The highest BCUT2D eigenvalue weighted by Crippen LogP contribution is 2.14. The van der Waals surface area contributed by atoms with Gasteiger partial charge in [0.25, 0.3) is 0 Å². The molecule has 616 valence electrons. The summed E-state index contributed by atoms with van der Waals surface area (Å²) < 4.78 is 0. The summed E-state index contributed by atoms with van der Waals surface area (Å²) in [5.41, 5.74) is 39.0. The standard InChI is InChI=1S/C64H108N24O20S2/c1-6-31(3)48(59(105)77-26-45(92)78-33(5)50(96)86-43(30-110)61(107)108)87-54(100)37(18-13-21-74-64(70)71)80-55(101)39(23-47(94)95)82-60(106)49(32(4)7-2)88-53(99)36(17-12-20-73-63(68)69)79-46(93)25-75-44(91)24-76-52(98)38(22-34-14-9-8-10-15-34)81-58(104)42(29-109)85-57(103)41(28-90)84-56(102)40(27-89)83-51(97)35(65)16-11-19-72-62(66)67/h8-10,14-15,31-33,35-43,48-49,89-90,109-110H,6-7,11-13,16-30,65H2,1-5H3,(H,75,91)(H,76,98)(H,77,105)(H,78,92)(H,79,93)(H,80,101)(H,81,104)(H,82,106)(H,83,97)(H,84,102)(H,85,103)(H,86,96)(H,87,100)(H,88,99)(H,94,95)(H,107,108)(H4,66,67,72)(H4,68,69,73)(H4,70,71,74)/t31-,32-,33-,35-,36-,37-,38-,39-,40-,41-,42-,43-,48-,49-/m0/s1. The normalized spacial score (nSPS) is 14.6. The number of nitrogens with zero attached hydrogens (tertiary/aromatic N) is 3. The molecule has 1 aromatic rings. The van der Waals surface area contributed by atoms with E-state index < -0.39 is 224 Å². The van der Waals surface area contributed by atoms with Crippen molar-refractivity contribution in [3.63, 3.8) is 0 Å². The number of aliphatic hydroxyl groups excluding tert-OH is 2. The minimum absolute atomic E-state index is 0.00576. The summed E-state index contributed by atoms with van der Waals surface area (Å²) in [7, 11) is 0. The van der Waals surface area contributed by atoms with Crippen LogP contribution in [0, 0.1) is 11.8 Å². The SMILES string of the molecule is CC[C@H](C)[C@H](NC(=O)[C@H](CCCN=C(N)N)NC(=O)[C@H](CC(=O)O)NC(=O)[C@@H](NC(=O)[C@H](CCCN=C(N)N)NC(=O)CNC(=O)CNC(=O)[C@H](Cc1ccccc1)NC(=O)[C@H](CS)NC(=O)[C@H](CO)NC(=O)[C@H](CO)NC(=O)[C@@H](N)CCCN=C(N)N)[C@@H](C)CC)C(=O)NCC(=O)N[C@@H](C)C(=O)N[C@@H](CS)C(=O)O. The molecule has 44 nitrogen and oxygen atoms in total. The molecule has 0 aliphatic carbocycles. The van der Waals surface area contributed by atoms with E-state index in [0.717, 1.165) is 0 Å². The summed E-state index contributed by atoms with van der Waals surface area (Å²) in [6.07, 6.45) is -0.962. The molecule has 0 aliphatic rings. The number of rotatable bonds is 53. The number of benzene rings is 1. The van der Waals surface area contributed by atoms with E-state index >= 15 is 0 Å². The molecule has 0 heterocycles. The predicted molar refractivity (Wildman–Crippen MR) is 404 cm³/mol. The molecule has 0 aromatic heterocycles. The fraction of sp³-hybridized carbons (Fsp3) is 0.609. The lowest BCUT2D eigenvalue weighted by molar-refractivity contribution is -0.142. The van der Waals surface area contributed by atoms with Gasteiger partial charge in [-0.3, -0.25) is 86.9 Å². The Balaban J connectivity index is 3.38. The number of nitrogens with one attached hydrogen (secondary N) is 14. The Bertz CT molecular complexity index is 3370. The van der Waals surface area contributed by atoms with Crippen molar-refractivity contribution in [3.05, 3.63) is 35.9 Å². The van der Waals surface area contributed by atoms with Gasteiger partial charge in [-0.05, 0) is 62.8 Å². The third-order valence-electron chi connectivity index (χ3n) is 16.3. The highest BCUT2D eigenvalue weighted by molar-refractivity contribution is 7.80. The maximum Gasteiger partial charge on any atom is 0.327 e. The number of nitrogens with two attached hydrogens (primary N) is 7. The number of thiol groups is 2. The zero-order valence-electron chi connectivity index (χ0n) is 61.7. The Morgan fingerprint density at radius 3 is 1.26 bits per heavy atom. The lowest BCUT2D eigenvalue weighted by Gasteiger charge is -2.29. The van der Waals surface area contributed by atoms with Gasteiger partial charge in [0.15, 0.2) is 17.9 Å². The fourth-order valence-electron chi connectivity index (χ4n) is 9.66. The van der Waals surface area contributed by atoms with Crippen molar-refractivity contribution in [2.75, 3.05) is 64.0 Å². The van der Waals surface area contributed by atoms with E-state index in [1.807, 2.05) is 0 Å². The zero-order chi connectivity index (χ0) is 83.3. The van der Waals surface area contributed by atoms with Crippen LogP contribution >= 0.6 is 25.3 Å². The topological polar surface area (TPSA) is 742 Å². The summed E-state index contributed by atoms with van der Waals surface area (Å²) in [6, 6.07) is -10.1. The number of hydrogen-bond acceptors (Lipinski definition) is 24. The van der Waals surface area contributed by atoms with E-state index in [1.165, 1.54) is 13.8 Å². The average Bonchev–Trinajstić information content (AvgIpc) is 0.854. The van der Waals surface area contributed by atoms with E-state index in [1.54, 1.807) is 51.1 Å². The molecular weight excluding hydrogens is 1490 g/mol.